The van der Waals surface area contributed by atoms with E-state index in [2.05, 4.69) is 0 Å². The number of hydrogen-bond acceptors (Lipinski definition) is 5. The molecule has 0 bridgehead atoms. The lowest BCUT2D eigenvalue weighted by molar-refractivity contribution is -0.130. The molecule has 1 aromatic carbocycles. The van der Waals surface area contributed by atoms with Crippen LogP contribution in [0.1, 0.15) is 55.8 Å². The second-order valence-electron chi connectivity index (χ2n) is 8.31. The zero-order chi connectivity index (χ0) is 21.5. The van der Waals surface area contributed by atoms with Gasteiger partial charge < -0.3 is 24.4 Å². The van der Waals surface area contributed by atoms with Crippen molar-refractivity contribution < 1.29 is 24.2 Å². The van der Waals surface area contributed by atoms with Gasteiger partial charge in [0.15, 0.2) is 0 Å². The average Bonchev–Trinajstić information content (AvgIpc) is 2.78. The lowest BCUT2D eigenvalue weighted by Gasteiger charge is -2.34. The summed E-state index contributed by atoms with van der Waals surface area (Å²) in [6.07, 6.45) is 5.29. The van der Waals surface area contributed by atoms with E-state index in [4.69, 9.17) is 14.6 Å². The lowest BCUT2D eigenvalue weighted by atomic mass is 9.93. The van der Waals surface area contributed by atoms with Crippen LogP contribution in [0.15, 0.2) is 18.2 Å². The number of likely N-dealkylation sites (tertiary alicyclic amines) is 2. The van der Waals surface area contributed by atoms with Gasteiger partial charge in [-0.15, -0.1) is 0 Å². The Morgan fingerprint density at radius 2 is 1.90 bits per heavy atom. The van der Waals surface area contributed by atoms with Crippen molar-refractivity contribution in [2.75, 3.05) is 39.9 Å². The third kappa shape index (κ3) is 5.65. The molecular weight excluding hydrogens is 384 g/mol. The van der Waals surface area contributed by atoms with Gasteiger partial charge in [0.1, 0.15) is 17.6 Å². The van der Waals surface area contributed by atoms with Crippen LogP contribution in [-0.4, -0.2) is 72.7 Å². The number of ether oxygens (including phenoxy) is 2. The van der Waals surface area contributed by atoms with Crippen LogP contribution in [0, 0.1) is 5.92 Å². The van der Waals surface area contributed by atoms with Gasteiger partial charge in [0.05, 0.1) is 12.7 Å². The van der Waals surface area contributed by atoms with Crippen LogP contribution in [0.5, 0.6) is 11.5 Å². The van der Waals surface area contributed by atoms with Crippen LogP contribution in [0.2, 0.25) is 0 Å². The van der Waals surface area contributed by atoms with Crippen molar-refractivity contribution in [3.63, 3.8) is 0 Å². The molecule has 2 fully saturated rings. The summed E-state index contributed by atoms with van der Waals surface area (Å²) in [5.41, 5.74) is 0.533. The smallest absolute Gasteiger partial charge is 0.257 e. The molecule has 1 aromatic rings. The zero-order valence-corrected chi connectivity index (χ0v) is 18.1. The number of nitrogens with zero attached hydrogens (tertiary/aromatic N) is 2. The Hall–Kier alpha value is -2.28. The molecule has 30 heavy (non-hydrogen) atoms. The van der Waals surface area contributed by atoms with E-state index in [0.29, 0.717) is 42.6 Å². The van der Waals surface area contributed by atoms with E-state index in [0.717, 1.165) is 45.1 Å². The minimum Gasteiger partial charge on any atom is -0.497 e. The fourth-order valence-electron chi connectivity index (χ4n) is 4.41. The summed E-state index contributed by atoms with van der Waals surface area (Å²) in [4.78, 5) is 28.7. The molecule has 0 saturated carbocycles. The zero-order valence-electron chi connectivity index (χ0n) is 18.1. The number of carbonyl (C=O) groups excluding carboxylic acids is 2. The number of aliphatic hydroxyl groups excluding tert-OH is 1. The van der Waals surface area contributed by atoms with E-state index < -0.39 is 0 Å². The van der Waals surface area contributed by atoms with Gasteiger partial charge in [0.2, 0.25) is 5.91 Å². The van der Waals surface area contributed by atoms with Crippen LogP contribution in [-0.2, 0) is 4.79 Å². The van der Waals surface area contributed by atoms with E-state index in [-0.39, 0.29) is 24.5 Å². The van der Waals surface area contributed by atoms with Crippen LogP contribution in [0.25, 0.3) is 0 Å². The van der Waals surface area contributed by atoms with Crippen molar-refractivity contribution in [2.24, 2.45) is 5.92 Å². The molecule has 1 N–H and O–H groups in total. The summed E-state index contributed by atoms with van der Waals surface area (Å²) in [6.45, 7) is 4.60. The lowest BCUT2D eigenvalue weighted by Crippen LogP contribution is -2.41. The molecule has 7 heteroatoms. The Kier molecular flexibility index (Phi) is 7.96. The highest BCUT2D eigenvalue weighted by atomic mass is 16.5. The first-order valence-corrected chi connectivity index (χ1v) is 11.0. The number of hydrogen-bond donors (Lipinski definition) is 1. The molecule has 2 aliphatic rings. The summed E-state index contributed by atoms with van der Waals surface area (Å²) in [6, 6.07) is 5.40. The second kappa shape index (κ2) is 10.7. The molecule has 0 spiro atoms. The van der Waals surface area contributed by atoms with E-state index in [1.807, 2.05) is 21.9 Å². The molecule has 0 aliphatic carbocycles. The van der Waals surface area contributed by atoms with Gasteiger partial charge in [0.25, 0.3) is 5.91 Å². The Morgan fingerprint density at radius 3 is 2.57 bits per heavy atom. The first kappa shape index (κ1) is 22.4. The summed E-state index contributed by atoms with van der Waals surface area (Å²) >= 11 is 0. The van der Waals surface area contributed by atoms with Gasteiger partial charge in [-0.25, -0.2) is 0 Å². The monoisotopic (exact) mass is 418 g/mol. The minimum atomic E-state index is -0.0289. The first-order chi connectivity index (χ1) is 14.5. The third-order valence-corrected chi connectivity index (χ3v) is 6.17. The van der Waals surface area contributed by atoms with Crippen molar-refractivity contribution in [3.8, 4) is 11.5 Å². The number of methoxy groups -OCH3 is 1. The van der Waals surface area contributed by atoms with E-state index in [9.17, 15) is 9.59 Å². The first-order valence-electron chi connectivity index (χ1n) is 11.0. The van der Waals surface area contributed by atoms with Gasteiger partial charge in [0, 0.05) is 52.6 Å². The number of piperidine rings is 2. The fraction of sp³-hybridized carbons (Fsp3) is 0.652. The number of carbonyl (C=O) groups is 2. The molecule has 2 aliphatic heterocycles. The second-order valence-corrected chi connectivity index (χ2v) is 8.31. The molecule has 0 aromatic heterocycles. The number of benzene rings is 1. The average molecular weight is 419 g/mol. The van der Waals surface area contributed by atoms with Gasteiger partial charge in [-0.3, -0.25) is 9.59 Å². The molecule has 1 atom stereocenters. The maximum Gasteiger partial charge on any atom is 0.257 e. The van der Waals surface area contributed by atoms with Crippen molar-refractivity contribution in [1.29, 1.82) is 0 Å². The Balaban J connectivity index is 1.71. The SMILES string of the molecule is COc1ccc(OC2CCN(C(C)=O)CC2)c(C(=O)N2CCCC(CCCO)C2)c1. The summed E-state index contributed by atoms with van der Waals surface area (Å²) in [5, 5.41) is 9.11. The standard InChI is InChI=1S/C23H34N2O5/c1-17(27)24-12-9-19(10-13-24)30-22-8-7-20(29-2)15-21(22)23(28)25-11-3-5-18(16-25)6-4-14-26/h7-8,15,18-19,26H,3-6,9-14,16H2,1-2H3. The summed E-state index contributed by atoms with van der Waals surface area (Å²) in [5.74, 6) is 1.71. The maximum atomic E-state index is 13.4. The summed E-state index contributed by atoms with van der Waals surface area (Å²) in [7, 11) is 1.59. The van der Waals surface area contributed by atoms with Gasteiger partial charge in [-0.2, -0.15) is 0 Å². The van der Waals surface area contributed by atoms with Crippen LogP contribution in [0.3, 0.4) is 0 Å². The molecule has 1 unspecified atom stereocenters. The summed E-state index contributed by atoms with van der Waals surface area (Å²) < 4.78 is 11.6. The highest BCUT2D eigenvalue weighted by Crippen LogP contribution is 2.30. The number of amides is 2. The van der Waals surface area contributed by atoms with E-state index >= 15 is 0 Å². The molecule has 2 saturated heterocycles. The van der Waals surface area contributed by atoms with Gasteiger partial charge in [-0.05, 0) is 49.8 Å². The predicted octanol–water partition coefficient (Wildman–Crippen LogP) is 2.71. The number of rotatable bonds is 7. The van der Waals surface area contributed by atoms with E-state index in [1.165, 1.54) is 0 Å². The minimum absolute atomic E-state index is 0.0146. The van der Waals surface area contributed by atoms with Crippen molar-refractivity contribution in [1.82, 2.24) is 9.80 Å². The Labute approximate surface area is 178 Å². The third-order valence-electron chi connectivity index (χ3n) is 6.17. The van der Waals surface area contributed by atoms with Crippen molar-refractivity contribution in [2.45, 2.75) is 51.6 Å². The van der Waals surface area contributed by atoms with Crippen molar-refractivity contribution >= 4 is 11.8 Å². The van der Waals surface area contributed by atoms with Gasteiger partial charge >= 0.3 is 0 Å². The topological polar surface area (TPSA) is 79.3 Å². The Bertz CT molecular complexity index is 730. The number of aliphatic hydroxyl groups is 1. The van der Waals surface area contributed by atoms with Crippen LogP contribution >= 0.6 is 0 Å². The van der Waals surface area contributed by atoms with E-state index in [1.54, 1.807) is 20.1 Å². The normalized spacial score (nSPS) is 20.2. The quantitative estimate of drug-likeness (QED) is 0.737. The largest absolute Gasteiger partial charge is 0.497 e. The van der Waals surface area contributed by atoms with Crippen LogP contribution in [0.4, 0.5) is 0 Å². The molecular formula is C23H34N2O5. The molecule has 166 valence electrons. The molecule has 2 amide bonds. The molecule has 2 heterocycles. The maximum absolute atomic E-state index is 13.4. The van der Waals surface area contributed by atoms with Crippen molar-refractivity contribution in [3.05, 3.63) is 23.8 Å². The molecule has 0 radical (unpaired) electrons. The fourth-order valence-corrected chi connectivity index (χ4v) is 4.41. The molecule has 3 rings (SSSR count). The highest BCUT2D eigenvalue weighted by molar-refractivity contribution is 5.97. The van der Waals surface area contributed by atoms with Gasteiger partial charge in [-0.1, -0.05) is 0 Å². The van der Waals surface area contributed by atoms with Crippen LogP contribution < -0.4 is 9.47 Å². The predicted molar refractivity (Wildman–Crippen MR) is 114 cm³/mol. The highest BCUT2D eigenvalue weighted by Gasteiger charge is 2.28. The Morgan fingerprint density at radius 1 is 1.13 bits per heavy atom. The molecule has 7 nitrogen and oxygen atoms in total.